The summed E-state index contributed by atoms with van der Waals surface area (Å²) in [6, 6.07) is 9.97. The zero-order chi connectivity index (χ0) is 14.1. The van der Waals surface area contributed by atoms with Crippen molar-refractivity contribution < 1.29 is 4.79 Å². The minimum Gasteiger partial charge on any atom is -0.333 e. The lowest BCUT2D eigenvalue weighted by Crippen LogP contribution is -2.52. The van der Waals surface area contributed by atoms with Gasteiger partial charge in [0.15, 0.2) is 0 Å². The summed E-state index contributed by atoms with van der Waals surface area (Å²) < 4.78 is 0. The van der Waals surface area contributed by atoms with Gasteiger partial charge in [-0.25, -0.2) is 0 Å². The summed E-state index contributed by atoms with van der Waals surface area (Å²) in [6.45, 7) is 6.49. The van der Waals surface area contributed by atoms with Crippen LogP contribution < -0.4 is 5.32 Å². The molecule has 1 unspecified atom stereocenters. The number of halogens is 2. The Hall–Kier alpha value is -1.36. The minimum atomic E-state index is 0. The highest BCUT2D eigenvalue weighted by atomic mass is 35.5. The maximum atomic E-state index is 12.8. The molecule has 0 spiro atoms. The Bertz CT molecular complexity index is 663. The number of para-hydroxylation sites is 1. The Morgan fingerprint density at radius 2 is 2.05 bits per heavy atom. The first-order valence-electron chi connectivity index (χ1n) is 7.05. The second kappa shape index (κ2) is 7.77. The number of nitrogens with zero attached hydrogens (tertiary/aromatic N) is 2. The molecule has 3 rings (SSSR count). The third-order valence-electron chi connectivity index (χ3n) is 3.84. The monoisotopic (exact) mass is 341 g/mol. The van der Waals surface area contributed by atoms with Crippen molar-refractivity contribution in [2.24, 2.45) is 0 Å². The Morgan fingerprint density at radius 3 is 2.77 bits per heavy atom. The van der Waals surface area contributed by atoms with E-state index in [2.05, 4.69) is 17.2 Å². The van der Waals surface area contributed by atoms with Crippen molar-refractivity contribution in [3.05, 3.63) is 41.6 Å². The largest absolute Gasteiger partial charge is 0.333 e. The lowest BCUT2D eigenvalue weighted by Gasteiger charge is -2.34. The number of nitrogens with one attached hydrogen (secondary N) is 1. The number of aromatic nitrogens is 1. The van der Waals surface area contributed by atoms with Gasteiger partial charge in [-0.1, -0.05) is 18.2 Å². The van der Waals surface area contributed by atoms with Gasteiger partial charge in [-0.05, 0) is 26.0 Å². The lowest BCUT2D eigenvalue weighted by atomic mass is 10.0. The zero-order valence-corrected chi connectivity index (χ0v) is 14.3. The van der Waals surface area contributed by atoms with Gasteiger partial charge in [0.05, 0.1) is 11.1 Å². The van der Waals surface area contributed by atoms with Crippen LogP contribution in [0.3, 0.4) is 0 Å². The van der Waals surface area contributed by atoms with Crippen LogP contribution >= 0.6 is 24.8 Å². The molecule has 1 aromatic heterocycles. The second-order valence-electron chi connectivity index (χ2n) is 5.38. The molecule has 6 heteroatoms. The molecule has 1 amide bonds. The number of fused-ring (bicyclic) bond motifs is 1. The molecule has 4 nitrogen and oxygen atoms in total. The molecule has 0 bridgehead atoms. The van der Waals surface area contributed by atoms with E-state index in [4.69, 9.17) is 0 Å². The van der Waals surface area contributed by atoms with Crippen molar-refractivity contribution in [1.29, 1.82) is 0 Å². The van der Waals surface area contributed by atoms with Crippen LogP contribution in [0.25, 0.3) is 10.9 Å². The van der Waals surface area contributed by atoms with E-state index in [1.165, 1.54) is 0 Å². The van der Waals surface area contributed by atoms with E-state index in [1.807, 2.05) is 42.2 Å². The van der Waals surface area contributed by atoms with E-state index in [9.17, 15) is 4.79 Å². The van der Waals surface area contributed by atoms with Crippen LogP contribution in [0.5, 0.6) is 0 Å². The van der Waals surface area contributed by atoms with Crippen LogP contribution in [-0.2, 0) is 0 Å². The van der Waals surface area contributed by atoms with E-state index >= 15 is 0 Å². The van der Waals surface area contributed by atoms with Crippen LogP contribution in [0.1, 0.15) is 23.0 Å². The number of pyridine rings is 1. The fourth-order valence-corrected chi connectivity index (χ4v) is 2.78. The quantitative estimate of drug-likeness (QED) is 0.867. The molecule has 1 atom stereocenters. The predicted molar refractivity (Wildman–Crippen MR) is 94.3 cm³/mol. The molecular weight excluding hydrogens is 321 g/mol. The number of aryl methyl sites for hydroxylation is 1. The van der Waals surface area contributed by atoms with Crippen LogP contribution in [0.15, 0.2) is 30.3 Å². The summed E-state index contributed by atoms with van der Waals surface area (Å²) in [5.41, 5.74) is 2.54. The first-order chi connectivity index (χ1) is 9.66. The molecule has 1 N–H and O–H groups in total. The second-order valence-corrected chi connectivity index (χ2v) is 5.38. The number of hydrogen-bond acceptors (Lipinski definition) is 3. The number of carbonyl (C=O) groups excluding carboxylic acids is 1. The molecule has 2 aromatic rings. The zero-order valence-electron chi connectivity index (χ0n) is 12.7. The highest BCUT2D eigenvalue weighted by Gasteiger charge is 2.25. The first-order valence-corrected chi connectivity index (χ1v) is 7.05. The van der Waals surface area contributed by atoms with Crippen LogP contribution in [0.2, 0.25) is 0 Å². The van der Waals surface area contributed by atoms with Gasteiger partial charge in [-0.3, -0.25) is 9.78 Å². The van der Waals surface area contributed by atoms with Crippen LogP contribution in [0.4, 0.5) is 0 Å². The molecule has 1 aliphatic heterocycles. The van der Waals surface area contributed by atoms with Gasteiger partial charge in [0, 0.05) is 36.8 Å². The summed E-state index contributed by atoms with van der Waals surface area (Å²) >= 11 is 0. The van der Waals surface area contributed by atoms with E-state index in [0.29, 0.717) is 0 Å². The minimum absolute atomic E-state index is 0. The molecule has 1 aliphatic rings. The summed E-state index contributed by atoms with van der Waals surface area (Å²) in [7, 11) is 0. The van der Waals surface area contributed by atoms with Gasteiger partial charge < -0.3 is 10.2 Å². The SMILES string of the molecule is Cc1cc(C(=O)N2CCNCC2C)c2ccccc2n1.Cl.Cl. The Morgan fingerprint density at radius 1 is 1.32 bits per heavy atom. The number of benzene rings is 1. The molecule has 120 valence electrons. The molecule has 0 saturated carbocycles. The molecule has 1 fully saturated rings. The van der Waals surface area contributed by atoms with Crippen LogP contribution in [0, 0.1) is 6.92 Å². The van der Waals surface area contributed by atoms with Gasteiger partial charge in [0.2, 0.25) is 0 Å². The fraction of sp³-hybridized carbons (Fsp3) is 0.375. The van der Waals surface area contributed by atoms with Crippen molar-refractivity contribution in [2.75, 3.05) is 19.6 Å². The molecular formula is C16H21Cl2N3O. The highest BCUT2D eigenvalue weighted by Crippen LogP contribution is 2.21. The smallest absolute Gasteiger partial charge is 0.254 e. The topological polar surface area (TPSA) is 45.2 Å². The molecule has 1 saturated heterocycles. The first kappa shape index (κ1) is 18.7. The number of rotatable bonds is 1. The highest BCUT2D eigenvalue weighted by molar-refractivity contribution is 6.06. The van der Waals surface area contributed by atoms with Crippen LogP contribution in [-0.4, -0.2) is 41.5 Å². The normalized spacial score (nSPS) is 17.5. The van der Waals surface area contributed by atoms with Crippen molar-refractivity contribution >= 4 is 41.6 Å². The third kappa shape index (κ3) is 3.51. The van der Waals surface area contributed by atoms with Gasteiger partial charge in [0.1, 0.15) is 0 Å². The Balaban J connectivity index is 0.00000121. The summed E-state index contributed by atoms with van der Waals surface area (Å²) in [6.07, 6.45) is 0. The predicted octanol–water partition coefficient (Wildman–Crippen LogP) is 2.82. The van der Waals surface area contributed by atoms with E-state index in [1.54, 1.807) is 0 Å². The summed E-state index contributed by atoms with van der Waals surface area (Å²) in [5.74, 6) is 0.112. The van der Waals surface area contributed by atoms with E-state index < -0.39 is 0 Å². The maximum Gasteiger partial charge on any atom is 0.254 e. The van der Waals surface area contributed by atoms with E-state index in [0.717, 1.165) is 41.8 Å². The van der Waals surface area contributed by atoms with Gasteiger partial charge in [-0.2, -0.15) is 0 Å². The molecule has 0 aliphatic carbocycles. The van der Waals surface area contributed by atoms with Gasteiger partial charge >= 0.3 is 0 Å². The fourth-order valence-electron chi connectivity index (χ4n) is 2.78. The van der Waals surface area contributed by atoms with Gasteiger partial charge in [-0.15, -0.1) is 24.8 Å². The Labute approximate surface area is 143 Å². The Kier molecular flexibility index (Phi) is 6.60. The van der Waals surface area contributed by atoms with Crippen molar-refractivity contribution in [3.63, 3.8) is 0 Å². The van der Waals surface area contributed by atoms with Crippen molar-refractivity contribution in [2.45, 2.75) is 19.9 Å². The number of amides is 1. The average Bonchev–Trinajstić information content (AvgIpc) is 2.46. The lowest BCUT2D eigenvalue weighted by molar-refractivity contribution is 0.0657. The maximum absolute atomic E-state index is 12.8. The molecule has 22 heavy (non-hydrogen) atoms. The third-order valence-corrected chi connectivity index (χ3v) is 3.84. The number of hydrogen-bond donors (Lipinski definition) is 1. The number of carbonyl (C=O) groups is 1. The standard InChI is InChI=1S/C16H19N3O.2ClH/c1-11-9-14(13-5-3-4-6-15(13)18-11)16(20)19-8-7-17-10-12(19)2;;/h3-6,9,12,17H,7-8,10H2,1-2H3;2*1H. The van der Waals surface area contributed by atoms with Crippen molar-refractivity contribution in [1.82, 2.24) is 15.2 Å². The van der Waals surface area contributed by atoms with Crippen molar-refractivity contribution in [3.8, 4) is 0 Å². The van der Waals surface area contributed by atoms with E-state index in [-0.39, 0.29) is 36.8 Å². The summed E-state index contributed by atoms with van der Waals surface area (Å²) in [5, 5.41) is 4.25. The molecule has 1 aromatic carbocycles. The van der Waals surface area contributed by atoms with Gasteiger partial charge in [0.25, 0.3) is 5.91 Å². The number of piperazine rings is 1. The molecule has 0 radical (unpaired) electrons. The molecule has 2 heterocycles. The summed E-state index contributed by atoms with van der Waals surface area (Å²) in [4.78, 5) is 19.3. The average molecular weight is 342 g/mol.